The van der Waals surface area contributed by atoms with Crippen LogP contribution in [0.1, 0.15) is 24.2 Å². The molecule has 0 aliphatic rings. The van der Waals surface area contributed by atoms with E-state index in [1.165, 1.54) is 47.0 Å². The number of aromatic nitrogens is 2. The number of sulfonamides is 1. The van der Waals surface area contributed by atoms with Crippen LogP contribution in [0.2, 0.25) is 0 Å². The summed E-state index contributed by atoms with van der Waals surface area (Å²) in [6.07, 6.45) is 0. The Labute approximate surface area is 160 Å². The molecule has 10 heteroatoms. The number of amides is 1. The number of rotatable bonds is 6. The van der Waals surface area contributed by atoms with Gasteiger partial charge in [-0.25, -0.2) is 8.42 Å². The van der Waals surface area contributed by atoms with Crippen molar-refractivity contribution in [3.05, 3.63) is 46.7 Å². The van der Waals surface area contributed by atoms with E-state index >= 15 is 0 Å². The van der Waals surface area contributed by atoms with Crippen LogP contribution in [0.5, 0.6) is 0 Å². The van der Waals surface area contributed by atoms with Crippen molar-refractivity contribution in [3.8, 4) is 11.5 Å². The summed E-state index contributed by atoms with van der Waals surface area (Å²) >= 11 is 1.49. The van der Waals surface area contributed by atoms with Gasteiger partial charge in [0.1, 0.15) is 0 Å². The Balaban J connectivity index is 1.73. The van der Waals surface area contributed by atoms with Crippen LogP contribution in [0.15, 0.2) is 50.4 Å². The molecule has 2 aromatic heterocycles. The van der Waals surface area contributed by atoms with Crippen molar-refractivity contribution < 1.29 is 17.6 Å². The summed E-state index contributed by atoms with van der Waals surface area (Å²) in [5, 5.41) is 13.9. The Morgan fingerprint density at radius 1 is 1.19 bits per heavy atom. The van der Waals surface area contributed by atoms with E-state index in [0.717, 1.165) is 5.56 Å². The molecule has 27 heavy (non-hydrogen) atoms. The van der Waals surface area contributed by atoms with E-state index < -0.39 is 15.9 Å². The van der Waals surface area contributed by atoms with Gasteiger partial charge in [-0.1, -0.05) is 5.10 Å². The fourth-order valence-corrected chi connectivity index (χ4v) is 4.17. The maximum Gasteiger partial charge on any atom is 0.322 e. The average molecular weight is 406 g/mol. The molecule has 0 saturated carbocycles. The van der Waals surface area contributed by atoms with Crippen molar-refractivity contribution in [2.75, 3.05) is 12.4 Å². The molecule has 0 atom stereocenters. The molecule has 3 rings (SSSR count). The van der Waals surface area contributed by atoms with Gasteiger partial charge in [0.15, 0.2) is 0 Å². The molecule has 0 fully saturated rings. The number of anilines is 1. The number of benzene rings is 1. The van der Waals surface area contributed by atoms with Crippen LogP contribution in [0.3, 0.4) is 0 Å². The predicted molar refractivity (Wildman–Crippen MR) is 102 cm³/mol. The first-order valence-electron chi connectivity index (χ1n) is 8.04. The summed E-state index contributed by atoms with van der Waals surface area (Å²) in [7, 11) is -2.08. The average Bonchev–Trinajstić information content (AvgIpc) is 3.32. The van der Waals surface area contributed by atoms with Crippen LogP contribution in [-0.2, 0) is 10.0 Å². The minimum Gasteiger partial charge on any atom is -0.403 e. The number of carbonyl (C=O) groups excluding carboxylic acids is 1. The lowest BCUT2D eigenvalue weighted by Gasteiger charge is -2.20. The zero-order valence-electron chi connectivity index (χ0n) is 14.9. The van der Waals surface area contributed by atoms with Crippen LogP contribution in [-0.4, -0.2) is 41.9 Å². The Bertz CT molecular complexity index is 1030. The SMILES string of the molecule is CC(C)N(C)S(=O)(=O)c1ccc(C(=O)Nc2nnc(-c3ccsc3)o2)cc1. The van der Waals surface area contributed by atoms with Crippen molar-refractivity contribution in [1.82, 2.24) is 14.5 Å². The Morgan fingerprint density at radius 2 is 1.89 bits per heavy atom. The van der Waals surface area contributed by atoms with Crippen molar-refractivity contribution in [3.63, 3.8) is 0 Å². The summed E-state index contributed by atoms with van der Waals surface area (Å²) < 4.78 is 31.6. The Kier molecular flexibility index (Phi) is 5.40. The second-order valence-corrected chi connectivity index (χ2v) is 8.80. The van der Waals surface area contributed by atoms with Gasteiger partial charge in [0.2, 0.25) is 10.0 Å². The molecule has 1 N–H and O–H groups in total. The van der Waals surface area contributed by atoms with E-state index in [1.54, 1.807) is 13.8 Å². The van der Waals surface area contributed by atoms with Gasteiger partial charge in [-0.05, 0) is 49.6 Å². The molecule has 0 bridgehead atoms. The third-order valence-corrected chi connectivity index (χ3v) is 6.67. The van der Waals surface area contributed by atoms with Gasteiger partial charge in [0, 0.05) is 29.6 Å². The maximum atomic E-state index is 12.5. The van der Waals surface area contributed by atoms with Gasteiger partial charge >= 0.3 is 6.01 Å². The molecule has 8 nitrogen and oxygen atoms in total. The van der Waals surface area contributed by atoms with Crippen LogP contribution < -0.4 is 5.32 Å². The molecule has 2 heterocycles. The van der Waals surface area contributed by atoms with E-state index in [1.807, 2.05) is 16.8 Å². The highest BCUT2D eigenvalue weighted by atomic mass is 32.2. The molecule has 0 saturated heterocycles. The molecule has 0 spiro atoms. The minimum absolute atomic E-state index is 0.0301. The van der Waals surface area contributed by atoms with Crippen molar-refractivity contribution in [2.24, 2.45) is 0 Å². The van der Waals surface area contributed by atoms with E-state index in [0.29, 0.717) is 5.89 Å². The van der Waals surface area contributed by atoms with E-state index in [-0.39, 0.29) is 22.5 Å². The van der Waals surface area contributed by atoms with Crippen LogP contribution >= 0.6 is 11.3 Å². The molecule has 3 aromatic rings. The fraction of sp³-hybridized carbons (Fsp3) is 0.235. The van der Waals surface area contributed by atoms with Crippen LogP contribution in [0.25, 0.3) is 11.5 Å². The highest BCUT2D eigenvalue weighted by Crippen LogP contribution is 2.22. The summed E-state index contributed by atoms with van der Waals surface area (Å²) in [6, 6.07) is 7.29. The number of thiophene rings is 1. The van der Waals surface area contributed by atoms with Gasteiger partial charge in [0.25, 0.3) is 11.8 Å². The summed E-state index contributed by atoms with van der Waals surface area (Å²) in [4.78, 5) is 12.4. The molecule has 142 valence electrons. The number of hydrogen-bond acceptors (Lipinski definition) is 7. The van der Waals surface area contributed by atoms with E-state index in [2.05, 4.69) is 15.5 Å². The molecule has 0 aliphatic carbocycles. The second-order valence-electron chi connectivity index (χ2n) is 6.02. The summed E-state index contributed by atoms with van der Waals surface area (Å²) in [5.41, 5.74) is 1.05. The minimum atomic E-state index is -3.60. The maximum absolute atomic E-state index is 12.5. The number of nitrogens with zero attached hydrogens (tertiary/aromatic N) is 3. The Morgan fingerprint density at radius 3 is 2.48 bits per heavy atom. The highest BCUT2D eigenvalue weighted by Gasteiger charge is 2.23. The predicted octanol–water partition coefficient (Wildman–Crippen LogP) is 3.08. The van der Waals surface area contributed by atoms with Gasteiger partial charge in [-0.3, -0.25) is 10.1 Å². The molecule has 1 amide bonds. The van der Waals surface area contributed by atoms with E-state index in [4.69, 9.17) is 4.42 Å². The monoisotopic (exact) mass is 406 g/mol. The zero-order valence-corrected chi connectivity index (χ0v) is 16.5. The lowest BCUT2D eigenvalue weighted by atomic mass is 10.2. The molecule has 1 aromatic carbocycles. The first kappa shape index (κ1) is 19.2. The first-order valence-corrected chi connectivity index (χ1v) is 10.4. The van der Waals surface area contributed by atoms with Gasteiger partial charge in [-0.15, -0.1) is 5.10 Å². The normalized spacial score (nSPS) is 11.9. The molecular weight excluding hydrogens is 388 g/mol. The van der Waals surface area contributed by atoms with Gasteiger partial charge in [-0.2, -0.15) is 15.6 Å². The third-order valence-electron chi connectivity index (χ3n) is 3.93. The van der Waals surface area contributed by atoms with Gasteiger partial charge < -0.3 is 4.42 Å². The summed E-state index contributed by atoms with van der Waals surface area (Å²) in [5.74, 6) is -0.165. The largest absolute Gasteiger partial charge is 0.403 e. The zero-order chi connectivity index (χ0) is 19.6. The number of hydrogen-bond donors (Lipinski definition) is 1. The van der Waals surface area contributed by atoms with Gasteiger partial charge in [0.05, 0.1) is 4.90 Å². The topological polar surface area (TPSA) is 105 Å². The fourth-order valence-electron chi connectivity index (χ4n) is 2.17. The lowest BCUT2D eigenvalue weighted by molar-refractivity contribution is 0.102. The van der Waals surface area contributed by atoms with Crippen LogP contribution in [0.4, 0.5) is 6.01 Å². The van der Waals surface area contributed by atoms with E-state index in [9.17, 15) is 13.2 Å². The number of carbonyl (C=O) groups is 1. The third kappa shape index (κ3) is 4.07. The molecular formula is C17H18N4O4S2. The molecule has 0 unspecified atom stereocenters. The van der Waals surface area contributed by atoms with Crippen LogP contribution in [0, 0.1) is 0 Å². The van der Waals surface area contributed by atoms with Crippen molar-refractivity contribution in [1.29, 1.82) is 0 Å². The number of nitrogens with one attached hydrogen (secondary N) is 1. The van der Waals surface area contributed by atoms with Crippen molar-refractivity contribution in [2.45, 2.75) is 24.8 Å². The standard InChI is InChI=1S/C17H18N4O4S2/c1-11(2)21(3)27(23,24)14-6-4-12(5-7-14)15(22)18-17-20-19-16(25-17)13-8-9-26-10-13/h4-11H,1-3H3,(H,18,20,22). The summed E-state index contributed by atoms with van der Waals surface area (Å²) in [6.45, 7) is 3.57. The quantitative estimate of drug-likeness (QED) is 0.674. The molecule has 0 radical (unpaired) electrons. The Hall–Kier alpha value is -2.56. The second kappa shape index (κ2) is 7.59. The molecule has 0 aliphatic heterocycles. The highest BCUT2D eigenvalue weighted by molar-refractivity contribution is 7.89. The smallest absolute Gasteiger partial charge is 0.322 e. The first-order chi connectivity index (χ1) is 12.8. The van der Waals surface area contributed by atoms with Crippen molar-refractivity contribution >= 4 is 33.3 Å². The lowest BCUT2D eigenvalue weighted by Crippen LogP contribution is -2.33.